The van der Waals surface area contributed by atoms with E-state index in [0.29, 0.717) is 6.42 Å². The van der Waals surface area contributed by atoms with Gasteiger partial charge < -0.3 is 5.11 Å². The fraction of sp³-hybridized carbons (Fsp3) is 0.409. The third-order valence-electron chi connectivity index (χ3n) is 5.38. The lowest BCUT2D eigenvalue weighted by molar-refractivity contribution is -0.144. The largest absolute Gasteiger partial charge is 0.480 e. The number of rotatable bonds is 7. The first kappa shape index (κ1) is 19.5. The molecule has 3 nitrogen and oxygen atoms in total. The minimum atomic E-state index is -0.747. The fourth-order valence-corrected chi connectivity index (χ4v) is 3.95. The molecule has 5 heteroatoms. The highest BCUT2D eigenvalue weighted by molar-refractivity contribution is 5.73. The summed E-state index contributed by atoms with van der Waals surface area (Å²) in [5.74, 6) is -1.29. The summed E-state index contributed by atoms with van der Waals surface area (Å²) in [7, 11) is 0. The van der Waals surface area contributed by atoms with E-state index in [1.807, 2.05) is 0 Å². The average molecular weight is 373 g/mol. The van der Waals surface area contributed by atoms with Crippen LogP contribution in [0.2, 0.25) is 0 Å². The Balaban J connectivity index is 1.70. The van der Waals surface area contributed by atoms with Crippen molar-refractivity contribution in [1.29, 1.82) is 0 Å². The van der Waals surface area contributed by atoms with Crippen LogP contribution in [0.3, 0.4) is 0 Å². The van der Waals surface area contributed by atoms with Gasteiger partial charge in [-0.3, -0.25) is 9.69 Å². The Kier molecular flexibility index (Phi) is 6.56. The van der Waals surface area contributed by atoms with E-state index in [1.54, 1.807) is 24.3 Å². The molecule has 144 valence electrons. The lowest BCUT2D eigenvalue weighted by Crippen LogP contribution is -2.45. The number of halogens is 2. The molecule has 1 N–H and O–H groups in total. The molecule has 0 radical (unpaired) electrons. The Morgan fingerprint density at radius 3 is 2.07 bits per heavy atom. The van der Waals surface area contributed by atoms with E-state index in [1.165, 1.54) is 24.3 Å². The summed E-state index contributed by atoms with van der Waals surface area (Å²) < 4.78 is 26.6. The maximum absolute atomic E-state index is 13.3. The Morgan fingerprint density at radius 2 is 1.56 bits per heavy atom. The standard InChI is InChI=1S/C22H25F2NO2/c23-18-10-6-16(7-11-18)20(17-8-12-19(24)13-9-17)4-3-15-25-14-2-1-5-21(25)22(26)27/h6-13,20-21H,1-5,14-15H2,(H,26,27). The van der Waals surface area contributed by atoms with Gasteiger partial charge in [0.2, 0.25) is 0 Å². The predicted molar refractivity (Wildman–Crippen MR) is 101 cm³/mol. The second kappa shape index (κ2) is 9.09. The molecule has 1 saturated heterocycles. The lowest BCUT2D eigenvalue weighted by Gasteiger charge is -2.33. The van der Waals surface area contributed by atoms with Gasteiger partial charge in [0.25, 0.3) is 0 Å². The first-order valence-electron chi connectivity index (χ1n) is 9.52. The first-order valence-corrected chi connectivity index (χ1v) is 9.52. The van der Waals surface area contributed by atoms with E-state index in [2.05, 4.69) is 4.90 Å². The smallest absolute Gasteiger partial charge is 0.320 e. The van der Waals surface area contributed by atoms with Crippen LogP contribution in [0.25, 0.3) is 0 Å². The third kappa shape index (κ3) is 5.13. The summed E-state index contributed by atoms with van der Waals surface area (Å²) in [6.45, 7) is 1.53. The van der Waals surface area contributed by atoms with E-state index in [9.17, 15) is 18.7 Å². The normalized spacial score (nSPS) is 18.0. The van der Waals surface area contributed by atoms with Crippen molar-refractivity contribution in [2.75, 3.05) is 13.1 Å². The molecule has 0 saturated carbocycles. The zero-order valence-corrected chi connectivity index (χ0v) is 15.3. The number of benzene rings is 2. The minimum Gasteiger partial charge on any atom is -0.480 e. The highest BCUT2D eigenvalue weighted by Gasteiger charge is 2.28. The maximum atomic E-state index is 13.3. The third-order valence-corrected chi connectivity index (χ3v) is 5.38. The molecule has 1 aliphatic heterocycles. The van der Waals surface area contributed by atoms with Gasteiger partial charge in [-0.25, -0.2) is 8.78 Å². The molecular weight excluding hydrogens is 348 g/mol. The van der Waals surface area contributed by atoms with Gasteiger partial charge in [0.05, 0.1) is 0 Å². The summed E-state index contributed by atoms with van der Waals surface area (Å²) in [5, 5.41) is 9.41. The van der Waals surface area contributed by atoms with Crippen molar-refractivity contribution >= 4 is 5.97 Å². The molecule has 1 unspecified atom stereocenters. The molecule has 1 fully saturated rings. The number of piperidine rings is 1. The summed E-state index contributed by atoms with van der Waals surface area (Å²) in [4.78, 5) is 13.5. The quantitative estimate of drug-likeness (QED) is 0.757. The number of carboxylic acids is 1. The molecule has 0 bridgehead atoms. The van der Waals surface area contributed by atoms with E-state index < -0.39 is 12.0 Å². The van der Waals surface area contributed by atoms with Gasteiger partial charge in [-0.05, 0) is 74.2 Å². The number of hydrogen-bond acceptors (Lipinski definition) is 2. The van der Waals surface area contributed by atoms with Gasteiger partial charge in [0.1, 0.15) is 17.7 Å². The Morgan fingerprint density at radius 1 is 1.00 bits per heavy atom. The zero-order valence-electron chi connectivity index (χ0n) is 15.3. The van der Waals surface area contributed by atoms with E-state index >= 15 is 0 Å². The zero-order chi connectivity index (χ0) is 19.2. The Bertz CT molecular complexity index is 700. The molecular formula is C22H25F2NO2. The molecule has 2 aromatic rings. The molecule has 0 aromatic heterocycles. The number of hydrogen-bond donors (Lipinski definition) is 1. The van der Waals surface area contributed by atoms with Crippen molar-refractivity contribution < 1.29 is 18.7 Å². The van der Waals surface area contributed by atoms with Crippen LogP contribution in [0, 0.1) is 11.6 Å². The van der Waals surface area contributed by atoms with Crippen LogP contribution in [-0.4, -0.2) is 35.1 Å². The van der Waals surface area contributed by atoms with E-state index in [0.717, 1.165) is 49.9 Å². The summed E-state index contributed by atoms with van der Waals surface area (Å²) in [6.07, 6.45) is 4.31. The van der Waals surface area contributed by atoms with Gasteiger partial charge in [0.15, 0.2) is 0 Å². The molecule has 1 atom stereocenters. The van der Waals surface area contributed by atoms with Crippen LogP contribution >= 0.6 is 0 Å². The molecule has 2 aromatic carbocycles. The van der Waals surface area contributed by atoms with Crippen LogP contribution in [0.1, 0.15) is 49.1 Å². The van der Waals surface area contributed by atoms with Crippen LogP contribution < -0.4 is 0 Å². The highest BCUT2D eigenvalue weighted by atomic mass is 19.1. The number of likely N-dealkylation sites (tertiary alicyclic amines) is 1. The van der Waals surface area contributed by atoms with Crippen molar-refractivity contribution in [3.63, 3.8) is 0 Å². The number of carboxylic acid groups (broad SMARTS) is 1. The second-order valence-electron chi connectivity index (χ2n) is 7.18. The predicted octanol–water partition coefficient (Wildman–Crippen LogP) is 4.82. The topological polar surface area (TPSA) is 40.5 Å². The van der Waals surface area contributed by atoms with Crippen LogP contribution in [0.5, 0.6) is 0 Å². The van der Waals surface area contributed by atoms with Gasteiger partial charge in [0, 0.05) is 5.92 Å². The van der Waals surface area contributed by atoms with Crippen LogP contribution in [0.4, 0.5) is 8.78 Å². The number of aliphatic carboxylic acids is 1. The molecule has 0 aliphatic carbocycles. The molecule has 1 aliphatic rings. The Hall–Kier alpha value is -2.27. The van der Waals surface area contributed by atoms with Crippen molar-refractivity contribution in [2.24, 2.45) is 0 Å². The van der Waals surface area contributed by atoms with Crippen molar-refractivity contribution in [2.45, 2.75) is 44.1 Å². The molecule has 27 heavy (non-hydrogen) atoms. The minimum absolute atomic E-state index is 0.0271. The highest BCUT2D eigenvalue weighted by Crippen LogP contribution is 2.30. The summed E-state index contributed by atoms with van der Waals surface area (Å²) >= 11 is 0. The average Bonchev–Trinajstić information content (AvgIpc) is 2.67. The van der Waals surface area contributed by atoms with Gasteiger partial charge in [-0.15, -0.1) is 0 Å². The van der Waals surface area contributed by atoms with Gasteiger partial charge in [-0.1, -0.05) is 30.7 Å². The van der Waals surface area contributed by atoms with Crippen molar-refractivity contribution in [3.05, 3.63) is 71.3 Å². The molecule has 0 spiro atoms. The van der Waals surface area contributed by atoms with E-state index in [4.69, 9.17) is 0 Å². The first-order chi connectivity index (χ1) is 13.0. The molecule has 1 heterocycles. The summed E-state index contributed by atoms with van der Waals surface area (Å²) in [5.41, 5.74) is 1.97. The molecule has 0 amide bonds. The van der Waals surface area contributed by atoms with E-state index in [-0.39, 0.29) is 17.6 Å². The van der Waals surface area contributed by atoms with Crippen molar-refractivity contribution in [3.8, 4) is 0 Å². The Labute approximate surface area is 158 Å². The fourth-order valence-electron chi connectivity index (χ4n) is 3.95. The maximum Gasteiger partial charge on any atom is 0.320 e. The SMILES string of the molecule is O=C(O)C1CCCCN1CCCC(c1ccc(F)cc1)c1ccc(F)cc1. The number of nitrogens with zero attached hydrogens (tertiary/aromatic N) is 1. The van der Waals surface area contributed by atoms with Crippen molar-refractivity contribution in [1.82, 2.24) is 4.90 Å². The van der Waals surface area contributed by atoms with Crippen LogP contribution in [0.15, 0.2) is 48.5 Å². The second-order valence-corrected chi connectivity index (χ2v) is 7.18. The molecule has 3 rings (SSSR count). The van der Waals surface area contributed by atoms with Crippen LogP contribution in [-0.2, 0) is 4.79 Å². The van der Waals surface area contributed by atoms with Gasteiger partial charge in [-0.2, -0.15) is 0 Å². The number of carbonyl (C=O) groups is 1. The lowest BCUT2D eigenvalue weighted by atomic mass is 9.87. The monoisotopic (exact) mass is 373 g/mol. The van der Waals surface area contributed by atoms with Gasteiger partial charge >= 0.3 is 5.97 Å². The summed E-state index contributed by atoms with van der Waals surface area (Å²) in [6, 6.07) is 12.4.